The van der Waals surface area contributed by atoms with Crippen molar-refractivity contribution in [2.24, 2.45) is 0 Å². The van der Waals surface area contributed by atoms with Gasteiger partial charge in [0.1, 0.15) is 5.75 Å². The van der Waals surface area contributed by atoms with Gasteiger partial charge in [0, 0.05) is 5.56 Å². The van der Waals surface area contributed by atoms with E-state index in [1.165, 1.54) is 24.3 Å². The predicted octanol–water partition coefficient (Wildman–Crippen LogP) is 2.32. The first-order chi connectivity index (χ1) is 9.54. The SMILES string of the molecule is O=C(NC1(CO)CCCC1)c1ccc(OC(F)F)cc1. The van der Waals surface area contributed by atoms with Gasteiger partial charge in [0.15, 0.2) is 0 Å². The van der Waals surface area contributed by atoms with Crippen molar-refractivity contribution in [2.75, 3.05) is 6.61 Å². The lowest BCUT2D eigenvalue weighted by Gasteiger charge is -2.28. The van der Waals surface area contributed by atoms with Crippen LogP contribution in [0.5, 0.6) is 5.75 Å². The largest absolute Gasteiger partial charge is 0.435 e. The van der Waals surface area contributed by atoms with Crippen LogP contribution < -0.4 is 10.1 Å². The van der Waals surface area contributed by atoms with Crippen LogP contribution in [0.15, 0.2) is 24.3 Å². The Hall–Kier alpha value is -1.69. The maximum atomic E-state index is 12.1. The fraction of sp³-hybridized carbons (Fsp3) is 0.500. The smallest absolute Gasteiger partial charge is 0.387 e. The Morgan fingerprint density at radius 3 is 2.40 bits per heavy atom. The highest BCUT2D eigenvalue weighted by atomic mass is 19.3. The first kappa shape index (κ1) is 14.7. The molecule has 2 N–H and O–H groups in total. The average Bonchev–Trinajstić information content (AvgIpc) is 2.88. The van der Waals surface area contributed by atoms with E-state index in [-0.39, 0.29) is 18.3 Å². The van der Waals surface area contributed by atoms with Crippen molar-refractivity contribution in [1.29, 1.82) is 0 Å². The summed E-state index contributed by atoms with van der Waals surface area (Å²) in [6, 6.07) is 5.49. The zero-order valence-corrected chi connectivity index (χ0v) is 10.9. The number of ether oxygens (including phenoxy) is 1. The standard InChI is InChI=1S/C14H17F2NO3/c15-13(16)20-11-5-3-10(4-6-11)12(19)17-14(9-18)7-1-2-8-14/h3-6,13,18H,1-2,7-9H2,(H,17,19). The molecule has 1 amide bonds. The van der Waals surface area contributed by atoms with E-state index in [1.54, 1.807) is 0 Å². The number of halogens is 2. The molecule has 0 radical (unpaired) electrons. The fourth-order valence-electron chi connectivity index (χ4n) is 2.48. The first-order valence-electron chi connectivity index (χ1n) is 6.53. The molecule has 1 fully saturated rings. The van der Waals surface area contributed by atoms with Crippen molar-refractivity contribution in [1.82, 2.24) is 5.32 Å². The molecule has 2 rings (SSSR count). The summed E-state index contributed by atoms with van der Waals surface area (Å²) in [5.41, 5.74) is -0.193. The van der Waals surface area contributed by atoms with Crippen molar-refractivity contribution in [2.45, 2.75) is 37.8 Å². The molecule has 1 aromatic rings. The molecule has 1 aliphatic rings. The summed E-state index contributed by atoms with van der Waals surface area (Å²) in [5.74, 6) is -0.307. The second-order valence-corrected chi connectivity index (χ2v) is 5.00. The molecule has 6 heteroatoms. The minimum Gasteiger partial charge on any atom is -0.435 e. The van der Waals surface area contributed by atoms with Gasteiger partial charge in [0.05, 0.1) is 12.1 Å². The second-order valence-electron chi connectivity index (χ2n) is 5.00. The molecule has 0 aromatic heterocycles. The van der Waals surface area contributed by atoms with E-state index < -0.39 is 12.2 Å². The van der Waals surface area contributed by atoms with E-state index in [9.17, 15) is 18.7 Å². The summed E-state index contributed by atoms with van der Waals surface area (Å²) in [6.45, 7) is -2.98. The Balaban J connectivity index is 2.02. The Kier molecular flexibility index (Phi) is 4.54. The lowest BCUT2D eigenvalue weighted by atomic mass is 9.98. The number of nitrogens with one attached hydrogen (secondary N) is 1. The summed E-state index contributed by atoms with van der Waals surface area (Å²) in [7, 11) is 0. The molecule has 0 unspecified atom stereocenters. The minimum atomic E-state index is -2.88. The van der Waals surface area contributed by atoms with Crippen LogP contribution in [0.3, 0.4) is 0 Å². The van der Waals surface area contributed by atoms with Crippen molar-refractivity contribution < 1.29 is 23.4 Å². The molecule has 0 saturated heterocycles. The Morgan fingerprint density at radius 2 is 1.90 bits per heavy atom. The Labute approximate surface area is 115 Å². The van der Waals surface area contributed by atoms with Gasteiger partial charge in [0.25, 0.3) is 5.91 Å². The molecule has 4 nitrogen and oxygen atoms in total. The van der Waals surface area contributed by atoms with Crippen LogP contribution in [-0.2, 0) is 0 Å². The van der Waals surface area contributed by atoms with Gasteiger partial charge >= 0.3 is 6.61 Å². The zero-order chi connectivity index (χ0) is 14.6. The minimum absolute atomic E-state index is 0.00860. The van der Waals surface area contributed by atoms with E-state index in [0.29, 0.717) is 5.56 Å². The number of benzene rings is 1. The van der Waals surface area contributed by atoms with E-state index in [0.717, 1.165) is 25.7 Å². The molecule has 0 heterocycles. The van der Waals surface area contributed by atoms with Crippen LogP contribution in [-0.4, -0.2) is 29.8 Å². The molecule has 0 atom stereocenters. The molecular formula is C14H17F2NO3. The summed E-state index contributed by atoms with van der Waals surface area (Å²) in [5, 5.41) is 12.3. The second kappa shape index (κ2) is 6.17. The van der Waals surface area contributed by atoms with E-state index >= 15 is 0 Å². The highest BCUT2D eigenvalue weighted by molar-refractivity contribution is 5.94. The van der Waals surface area contributed by atoms with Crippen LogP contribution >= 0.6 is 0 Å². The van der Waals surface area contributed by atoms with Crippen LogP contribution in [0.25, 0.3) is 0 Å². The van der Waals surface area contributed by atoms with E-state index in [1.807, 2.05) is 0 Å². The number of carbonyl (C=O) groups excluding carboxylic acids is 1. The summed E-state index contributed by atoms with van der Waals surface area (Å²) in [6.07, 6.45) is 3.45. The maximum Gasteiger partial charge on any atom is 0.387 e. The molecule has 110 valence electrons. The third kappa shape index (κ3) is 3.45. The topological polar surface area (TPSA) is 58.6 Å². The number of hydrogen-bond acceptors (Lipinski definition) is 3. The van der Waals surface area contributed by atoms with Gasteiger partial charge in [-0.3, -0.25) is 4.79 Å². The summed E-state index contributed by atoms with van der Waals surface area (Å²) < 4.78 is 28.3. The number of carbonyl (C=O) groups is 1. The van der Waals surface area contributed by atoms with Gasteiger partial charge in [0.2, 0.25) is 0 Å². The highest BCUT2D eigenvalue weighted by Crippen LogP contribution is 2.29. The maximum absolute atomic E-state index is 12.1. The molecule has 1 aliphatic carbocycles. The number of hydrogen-bond donors (Lipinski definition) is 2. The van der Waals surface area contributed by atoms with E-state index in [2.05, 4.69) is 10.1 Å². The number of aliphatic hydroxyl groups excluding tert-OH is 1. The normalized spacial score (nSPS) is 17.2. The van der Waals surface area contributed by atoms with Gasteiger partial charge in [-0.25, -0.2) is 0 Å². The molecule has 0 bridgehead atoms. The van der Waals surface area contributed by atoms with Gasteiger partial charge in [-0.2, -0.15) is 8.78 Å². The lowest BCUT2D eigenvalue weighted by Crippen LogP contribution is -2.49. The summed E-state index contributed by atoms with van der Waals surface area (Å²) in [4.78, 5) is 12.1. The molecule has 20 heavy (non-hydrogen) atoms. The van der Waals surface area contributed by atoms with Crippen LogP contribution in [0.1, 0.15) is 36.0 Å². The highest BCUT2D eigenvalue weighted by Gasteiger charge is 2.34. The Bertz CT molecular complexity index is 456. The average molecular weight is 285 g/mol. The third-order valence-corrected chi connectivity index (χ3v) is 3.58. The zero-order valence-electron chi connectivity index (χ0n) is 10.9. The molecule has 1 saturated carbocycles. The lowest BCUT2D eigenvalue weighted by molar-refractivity contribution is -0.0498. The number of amides is 1. The number of alkyl halides is 2. The first-order valence-corrected chi connectivity index (χ1v) is 6.53. The van der Waals surface area contributed by atoms with Gasteiger partial charge in [-0.05, 0) is 37.1 Å². The molecule has 0 spiro atoms. The molecular weight excluding hydrogens is 268 g/mol. The van der Waals surface area contributed by atoms with Crippen LogP contribution in [0.2, 0.25) is 0 Å². The fourth-order valence-corrected chi connectivity index (χ4v) is 2.48. The van der Waals surface area contributed by atoms with Crippen molar-refractivity contribution in [3.8, 4) is 5.75 Å². The third-order valence-electron chi connectivity index (χ3n) is 3.58. The van der Waals surface area contributed by atoms with E-state index in [4.69, 9.17) is 0 Å². The predicted molar refractivity (Wildman–Crippen MR) is 68.8 cm³/mol. The monoisotopic (exact) mass is 285 g/mol. The quantitative estimate of drug-likeness (QED) is 0.873. The molecule has 0 aliphatic heterocycles. The van der Waals surface area contributed by atoms with Crippen LogP contribution in [0.4, 0.5) is 8.78 Å². The van der Waals surface area contributed by atoms with Crippen molar-refractivity contribution in [3.05, 3.63) is 29.8 Å². The Morgan fingerprint density at radius 1 is 1.30 bits per heavy atom. The van der Waals surface area contributed by atoms with Gasteiger partial charge < -0.3 is 15.2 Å². The molecule has 1 aromatic carbocycles. The number of aliphatic hydroxyl groups is 1. The summed E-state index contributed by atoms with van der Waals surface area (Å²) >= 11 is 0. The van der Waals surface area contributed by atoms with Gasteiger partial charge in [-0.1, -0.05) is 12.8 Å². The van der Waals surface area contributed by atoms with Crippen LogP contribution in [0, 0.1) is 0 Å². The van der Waals surface area contributed by atoms with Crippen molar-refractivity contribution in [3.63, 3.8) is 0 Å². The number of rotatable bonds is 5. The van der Waals surface area contributed by atoms with Crippen molar-refractivity contribution >= 4 is 5.91 Å². The van der Waals surface area contributed by atoms with Gasteiger partial charge in [-0.15, -0.1) is 0 Å².